The second-order valence-electron chi connectivity index (χ2n) is 6.32. The van der Waals surface area contributed by atoms with Gasteiger partial charge in [0.2, 0.25) is 0 Å². The molecule has 1 aliphatic rings. The summed E-state index contributed by atoms with van der Waals surface area (Å²) in [5.41, 5.74) is 2.09. The molecule has 0 aliphatic carbocycles. The lowest BCUT2D eigenvalue weighted by Gasteiger charge is -2.40. The minimum Gasteiger partial charge on any atom is -0.623 e. The molecule has 0 spiro atoms. The summed E-state index contributed by atoms with van der Waals surface area (Å²) in [5.74, 6) is 0. The Morgan fingerprint density at radius 2 is 1.96 bits per heavy atom. The first-order chi connectivity index (χ1) is 11.6. The van der Waals surface area contributed by atoms with Gasteiger partial charge in [-0.15, -0.1) is 0 Å². The van der Waals surface area contributed by atoms with E-state index in [0.717, 1.165) is 10.2 Å². The van der Waals surface area contributed by atoms with Gasteiger partial charge in [0.05, 0.1) is 16.8 Å². The minimum atomic E-state index is -0.428. The molecule has 5 nitrogen and oxygen atoms in total. The van der Waals surface area contributed by atoms with Gasteiger partial charge in [0, 0.05) is 6.54 Å². The number of thiazole rings is 1. The number of para-hydroxylation sites is 1. The molecule has 3 aromatic rings. The Labute approximate surface area is 145 Å². The van der Waals surface area contributed by atoms with Gasteiger partial charge in [-0.1, -0.05) is 53.8 Å². The monoisotopic (exact) mass is 340 g/mol. The second-order valence-corrected chi connectivity index (χ2v) is 7.33. The van der Waals surface area contributed by atoms with Crippen LogP contribution in [0.5, 0.6) is 0 Å². The highest BCUT2D eigenvalue weighted by Gasteiger charge is 2.42. The molecule has 0 bridgehead atoms. The maximum Gasteiger partial charge on any atom is 0.289 e. The van der Waals surface area contributed by atoms with Crippen LogP contribution in [-0.2, 0) is 6.54 Å². The molecule has 1 N–H and O–H groups in total. The number of hydrogen-bond acceptors (Lipinski definition) is 5. The molecule has 124 valence electrons. The fourth-order valence-electron chi connectivity index (χ4n) is 3.20. The number of nitrogens with one attached hydrogen (secondary N) is 1. The standard InChI is InChI=1S/C18H20N4OS/c1-21-12-17(19-11-14-7-3-2-4-8-14)22(23,13-21)18-20-15-9-5-6-10-16(15)24-18/h2-10,17,19H,11-13H2,1H3. The summed E-state index contributed by atoms with van der Waals surface area (Å²) in [6, 6.07) is 18.1. The van der Waals surface area contributed by atoms with Gasteiger partial charge in [0.15, 0.2) is 6.17 Å². The fourth-order valence-corrected chi connectivity index (χ4v) is 4.25. The van der Waals surface area contributed by atoms with Gasteiger partial charge in [-0.2, -0.15) is 4.98 Å². The zero-order valence-corrected chi connectivity index (χ0v) is 14.4. The van der Waals surface area contributed by atoms with Crippen LogP contribution in [0.1, 0.15) is 5.56 Å². The average molecular weight is 340 g/mol. The smallest absolute Gasteiger partial charge is 0.289 e. The molecular weight excluding hydrogens is 320 g/mol. The third-order valence-corrected chi connectivity index (χ3v) is 5.58. The van der Waals surface area contributed by atoms with Crippen molar-refractivity contribution in [2.24, 2.45) is 0 Å². The molecule has 1 aromatic heterocycles. The molecule has 2 heterocycles. The van der Waals surface area contributed by atoms with E-state index in [1.807, 2.05) is 49.5 Å². The number of nitrogens with zero attached hydrogens (tertiary/aromatic N) is 3. The van der Waals surface area contributed by atoms with E-state index in [1.165, 1.54) is 16.9 Å². The Hall–Kier alpha value is -1.83. The number of benzene rings is 2. The Morgan fingerprint density at radius 3 is 2.75 bits per heavy atom. The number of quaternary nitrogens is 1. The zero-order valence-electron chi connectivity index (χ0n) is 13.6. The summed E-state index contributed by atoms with van der Waals surface area (Å²) >= 11 is 1.50. The first-order valence-corrected chi connectivity index (χ1v) is 8.87. The van der Waals surface area contributed by atoms with Gasteiger partial charge in [0.25, 0.3) is 5.13 Å². The molecule has 1 saturated heterocycles. The lowest BCUT2D eigenvalue weighted by molar-refractivity contribution is 0.288. The van der Waals surface area contributed by atoms with Crippen LogP contribution in [0.25, 0.3) is 10.2 Å². The SMILES string of the molecule is CN1CC(NCc2ccccc2)[N+]([O-])(c2nc3ccccc3s2)C1. The molecule has 1 fully saturated rings. The molecule has 2 unspecified atom stereocenters. The Balaban J connectivity index is 1.60. The van der Waals surface area contributed by atoms with Crippen LogP contribution in [0.3, 0.4) is 0 Å². The van der Waals surface area contributed by atoms with E-state index in [-0.39, 0.29) is 6.17 Å². The molecule has 1 aliphatic heterocycles. The van der Waals surface area contributed by atoms with Crippen molar-refractivity contribution in [1.29, 1.82) is 0 Å². The van der Waals surface area contributed by atoms with Crippen molar-refractivity contribution in [2.75, 3.05) is 20.3 Å². The largest absolute Gasteiger partial charge is 0.623 e. The summed E-state index contributed by atoms with van der Waals surface area (Å²) in [5, 5.41) is 17.7. The quantitative estimate of drug-likeness (QED) is 0.586. The maximum absolute atomic E-state index is 13.6. The Morgan fingerprint density at radius 1 is 1.21 bits per heavy atom. The number of hydrogen-bond donors (Lipinski definition) is 1. The van der Waals surface area contributed by atoms with Crippen molar-refractivity contribution in [3.63, 3.8) is 0 Å². The molecule has 24 heavy (non-hydrogen) atoms. The van der Waals surface area contributed by atoms with Gasteiger partial charge in [-0.05, 0) is 24.7 Å². The molecule has 0 radical (unpaired) electrons. The van der Waals surface area contributed by atoms with Crippen LogP contribution < -0.4 is 9.96 Å². The van der Waals surface area contributed by atoms with E-state index in [2.05, 4.69) is 27.3 Å². The maximum atomic E-state index is 13.6. The summed E-state index contributed by atoms with van der Waals surface area (Å²) in [6.45, 7) is 1.82. The van der Waals surface area contributed by atoms with Crippen LogP contribution >= 0.6 is 11.3 Å². The van der Waals surface area contributed by atoms with Gasteiger partial charge >= 0.3 is 0 Å². The third kappa shape index (κ3) is 2.83. The molecule has 2 atom stereocenters. The predicted octanol–water partition coefficient (Wildman–Crippen LogP) is 3.12. The van der Waals surface area contributed by atoms with Crippen LogP contribution in [0.15, 0.2) is 54.6 Å². The van der Waals surface area contributed by atoms with Crippen molar-refractivity contribution >= 4 is 26.7 Å². The molecule has 4 rings (SSSR count). The normalized spacial score (nSPS) is 24.7. The number of aromatic nitrogens is 1. The second kappa shape index (κ2) is 6.23. The predicted molar refractivity (Wildman–Crippen MR) is 99.3 cm³/mol. The molecule has 6 heteroatoms. The fraction of sp³-hybridized carbons (Fsp3) is 0.278. The van der Waals surface area contributed by atoms with Crippen LogP contribution in [0, 0.1) is 5.21 Å². The molecule has 0 amide bonds. The Bertz CT molecular complexity index is 804. The topological polar surface area (TPSA) is 51.2 Å². The van der Waals surface area contributed by atoms with Gasteiger partial charge in [-0.3, -0.25) is 14.9 Å². The molecule has 0 saturated carbocycles. The van der Waals surface area contributed by atoms with E-state index < -0.39 is 4.65 Å². The first kappa shape index (κ1) is 15.7. The van der Waals surface area contributed by atoms with E-state index >= 15 is 0 Å². The lowest BCUT2D eigenvalue weighted by atomic mass is 10.2. The minimum absolute atomic E-state index is 0.212. The number of fused-ring (bicyclic) bond motifs is 1. The van der Waals surface area contributed by atoms with E-state index in [9.17, 15) is 5.21 Å². The first-order valence-electron chi connectivity index (χ1n) is 8.06. The molecular formula is C18H20N4OS. The van der Waals surface area contributed by atoms with Gasteiger partial charge in [-0.25, -0.2) is 0 Å². The summed E-state index contributed by atoms with van der Waals surface area (Å²) in [6.07, 6.45) is -0.212. The van der Waals surface area contributed by atoms with Gasteiger partial charge < -0.3 is 5.21 Å². The number of rotatable bonds is 4. The number of likely N-dealkylation sites (N-methyl/N-ethyl adjacent to an activating group) is 1. The highest BCUT2D eigenvalue weighted by molar-refractivity contribution is 7.22. The van der Waals surface area contributed by atoms with Gasteiger partial charge in [0.1, 0.15) is 6.67 Å². The van der Waals surface area contributed by atoms with Crippen LogP contribution in [0.2, 0.25) is 0 Å². The van der Waals surface area contributed by atoms with Crippen molar-refractivity contribution in [3.05, 3.63) is 65.4 Å². The van der Waals surface area contributed by atoms with E-state index in [0.29, 0.717) is 24.9 Å². The lowest BCUT2D eigenvalue weighted by Crippen LogP contribution is -2.55. The average Bonchev–Trinajstić information content (AvgIpc) is 3.15. The van der Waals surface area contributed by atoms with E-state index in [4.69, 9.17) is 0 Å². The molecule has 2 aromatic carbocycles. The van der Waals surface area contributed by atoms with Crippen molar-refractivity contribution in [3.8, 4) is 0 Å². The highest BCUT2D eigenvalue weighted by atomic mass is 32.1. The van der Waals surface area contributed by atoms with Crippen molar-refractivity contribution in [1.82, 2.24) is 19.8 Å². The zero-order chi connectivity index (χ0) is 16.6. The van der Waals surface area contributed by atoms with Crippen molar-refractivity contribution < 1.29 is 0 Å². The Kier molecular flexibility index (Phi) is 4.07. The summed E-state index contributed by atoms with van der Waals surface area (Å²) in [4.78, 5) is 6.69. The highest BCUT2D eigenvalue weighted by Crippen LogP contribution is 2.36. The van der Waals surface area contributed by atoms with Crippen LogP contribution in [-0.4, -0.2) is 36.3 Å². The van der Waals surface area contributed by atoms with E-state index in [1.54, 1.807) is 0 Å². The summed E-state index contributed by atoms with van der Waals surface area (Å²) in [7, 11) is 1.99. The summed E-state index contributed by atoms with van der Waals surface area (Å²) < 4.78 is 0.639. The van der Waals surface area contributed by atoms with Crippen molar-refractivity contribution in [2.45, 2.75) is 12.7 Å². The number of hydroxylamine groups is 2. The third-order valence-electron chi connectivity index (χ3n) is 4.43. The van der Waals surface area contributed by atoms with Crippen LogP contribution in [0.4, 0.5) is 5.13 Å².